The average molecular weight is 390 g/mol. The molecule has 1 N–H and O–H groups in total. The Kier molecular flexibility index (Phi) is 5.55. The van der Waals surface area contributed by atoms with Gasteiger partial charge >= 0.3 is 0 Å². The number of anilines is 1. The molecule has 0 radical (unpaired) electrons. The summed E-state index contributed by atoms with van der Waals surface area (Å²) < 4.78 is 1.83. The number of hydrogen-bond acceptors (Lipinski definition) is 5. The monoisotopic (exact) mass is 390 g/mol. The summed E-state index contributed by atoms with van der Waals surface area (Å²) >= 11 is 0. The Labute approximate surface area is 170 Å². The van der Waals surface area contributed by atoms with Crippen molar-refractivity contribution in [3.05, 3.63) is 65.2 Å². The molecule has 1 aliphatic rings. The number of amides is 1. The molecule has 0 aliphatic carbocycles. The van der Waals surface area contributed by atoms with Gasteiger partial charge in [-0.05, 0) is 62.9 Å². The van der Waals surface area contributed by atoms with Crippen LogP contribution in [0, 0.1) is 13.8 Å². The summed E-state index contributed by atoms with van der Waals surface area (Å²) in [5.41, 5.74) is 3.66. The summed E-state index contributed by atoms with van der Waals surface area (Å²) in [4.78, 5) is 23.7. The molecule has 7 nitrogen and oxygen atoms in total. The summed E-state index contributed by atoms with van der Waals surface area (Å²) in [5.74, 6) is 1.46. The highest BCUT2D eigenvalue weighted by Crippen LogP contribution is 2.19. The smallest absolute Gasteiger partial charge is 0.257 e. The number of carbonyl (C=O) groups is 1. The van der Waals surface area contributed by atoms with Gasteiger partial charge in [0.05, 0.1) is 11.3 Å². The summed E-state index contributed by atoms with van der Waals surface area (Å²) in [6, 6.07) is 9.65. The van der Waals surface area contributed by atoms with Crippen LogP contribution >= 0.6 is 0 Å². The molecule has 29 heavy (non-hydrogen) atoms. The molecule has 3 aromatic heterocycles. The maximum atomic E-state index is 12.9. The second kappa shape index (κ2) is 8.43. The average Bonchev–Trinajstić information content (AvgIpc) is 3.11. The molecule has 0 bridgehead atoms. The van der Waals surface area contributed by atoms with Crippen molar-refractivity contribution in [2.24, 2.45) is 0 Å². The first-order valence-corrected chi connectivity index (χ1v) is 10.1. The van der Waals surface area contributed by atoms with Gasteiger partial charge in [0.1, 0.15) is 5.82 Å². The normalized spacial score (nSPS) is 14.1. The fraction of sp³-hybridized carbons (Fsp3) is 0.364. The Bertz CT molecular complexity index is 989. The Morgan fingerprint density at radius 2 is 1.93 bits per heavy atom. The van der Waals surface area contributed by atoms with Crippen LogP contribution in [0.3, 0.4) is 0 Å². The van der Waals surface area contributed by atoms with E-state index >= 15 is 0 Å². The summed E-state index contributed by atoms with van der Waals surface area (Å²) in [5, 5.41) is 7.77. The molecule has 4 rings (SSSR count). The number of hydrogen-bond donors (Lipinski definition) is 1. The quantitative estimate of drug-likeness (QED) is 0.721. The predicted molar refractivity (Wildman–Crippen MR) is 112 cm³/mol. The van der Waals surface area contributed by atoms with Crippen LogP contribution in [0.5, 0.6) is 0 Å². The Morgan fingerprint density at radius 1 is 1.10 bits per heavy atom. The molecule has 3 aromatic rings. The lowest BCUT2D eigenvalue weighted by atomic mass is 10.1. The number of pyridine rings is 2. The van der Waals surface area contributed by atoms with Gasteiger partial charge in [-0.25, -0.2) is 14.6 Å². The van der Waals surface area contributed by atoms with Crippen molar-refractivity contribution in [3.8, 4) is 5.82 Å². The van der Waals surface area contributed by atoms with Crippen molar-refractivity contribution < 1.29 is 4.79 Å². The molecule has 0 unspecified atom stereocenters. The van der Waals surface area contributed by atoms with Gasteiger partial charge in [0.25, 0.3) is 5.91 Å². The topological polar surface area (TPSA) is 75.9 Å². The maximum Gasteiger partial charge on any atom is 0.257 e. The third-order valence-corrected chi connectivity index (χ3v) is 5.18. The van der Waals surface area contributed by atoms with Crippen LogP contribution in [0.25, 0.3) is 5.82 Å². The molecular weight excluding hydrogens is 364 g/mol. The molecule has 1 fully saturated rings. The SMILES string of the molecule is Cc1cc(C)n(-c2ccc(CNc3ncccc3C(=O)N3CCCCC3)cn2)n1. The standard InChI is InChI=1S/C22H26N6O/c1-16-13-17(2)28(26-16)20-9-8-18(14-24-20)15-25-21-19(7-6-10-23-21)22(29)27-11-4-3-5-12-27/h6-10,13-14H,3-5,11-12,15H2,1-2H3,(H,23,25). The fourth-order valence-electron chi connectivity index (χ4n) is 3.68. The van der Waals surface area contributed by atoms with E-state index in [2.05, 4.69) is 20.4 Å². The molecule has 7 heteroatoms. The molecule has 1 aliphatic heterocycles. The summed E-state index contributed by atoms with van der Waals surface area (Å²) in [7, 11) is 0. The highest BCUT2D eigenvalue weighted by molar-refractivity contribution is 5.98. The molecule has 1 saturated heterocycles. The van der Waals surface area contributed by atoms with Crippen LogP contribution in [0.1, 0.15) is 46.6 Å². The molecule has 1 amide bonds. The van der Waals surface area contributed by atoms with E-state index in [4.69, 9.17) is 0 Å². The number of nitrogens with zero attached hydrogens (tertiary/aromatic N) is 5. The van der Waals surface area contributed by atoms with E-state index in [0.717, 1.165) is 48.7 Å². The zero-order valence-electron chi connectivity index (χ0n) is 16.9. The lowest BCUT2D eigenvalue weighted by Gasteiger charge is -2.27. The number of piperidine rings is 1. The van der Waals surface area contributed by atoms with Crippen LogP contribution in [-0.2, 0) is 6.54 Å². The Balaban J connectivity index is 1.45. The minimum atomic E-state index is 0.0540. The first kappa shape index (κ1) is 19.1. The Hall–Kier alpha value is -3.22. The van der Waals surface area contributed by atoms with Gasteiger partial charge in [0.2, 0.25) is 0 Å². The molecular formula is C22H26N6O. The van der Waals surface area contributed by atoms with Crippen molar-refractivity contribution in [2.45, 2.75) is 39.7 Å². The van der Waals surface area contributed by atoms with E-state index in [1.165, 1.54) is 6.42 Å². The van der Waals surface area contributed by atoms with E-state index in [1.54, 1.807) is 6.20 Å². The van der Waals surface area contributed by atoms with E-state index in [9.17, 15) is 4.79 Å². The zero-order valence-corrected chi connectivity index (χ0v) is 16.9. The van der Waals surface area contributed by atoms with Crippen molar-refractivity contribution in [1.29, 1.82) is 0 Å². The van der Waals surface area contributed by atoms with E-state index in [0.29, 0.717) is 17.9 Å². The second-order valence-corrected chi connectivity index (χ2v) is 7.47. The van der Waals surface area contributed by atoms with Crippen molar-refractivity contribution in [1.82, 2.24) is 24.6 Å². The molecule has 4 heterocycles. The number of aryl methyl sites for hydroxylation is 2. The third kappa shape index (κ3) is 4.29. The summed E-state index contributed by atoms with van der Waals surface area (Å²) in [6.45, 7) is 6.17. The van der Waals surface area contributed by atoms with Crippen LogP contribution in [0.15, 0.2) is 42.7 Å². The van der Waals surface area contributed by atoms with Crippen molar-refractivity contribution in [3.63, 3.8) is 0 Å². The number of aromatic nitrogens is 4. The van der Waals surface area contributed by atoms with Crippen molar-refractivity contribution >= 4 is 11.7 Å². The fourth-order valence-corrected chi connectivity index (χ4v) is 3.68. The molecule has 0 aromatic carbocycles. The number of likely N-dealkylation sites (tertiary alicyclic amines) is 1. The van der Waals surface area contributed by atoms with Gasteiger partial charge in [-0.1, -0.05) is 6.07 Å². The highest BCUT2D eigenvalue weighted by Gasteiger charge is 2.21. The first-order chi connectivity index (χ1) is 14.1. The predicted octanol–water partition coefficient (Wildman–Crippen LogP) is 3.52. The van der Waals surface area contributed by atoms with Gasteiger partial charge in [-0.3, -0.25) is 4.79 Å². The summed E-state index contributed by atoms with van der Waals surface area (Å²) in [6.07, 6.45) is 6.87. The molecule has 150 valence electrons. The van der Waals surface area contributed by atoms with Crippen LogP contribution in [-0.4, -0.2) is 43.6 Å². The van der Waals surface area contributed by atoms with Crippen LogP contribution in [0.4, 0.5) is 5.82 Å². The van der Waals surface area contributed by atoms with Gasteiger partial charge in [-0.15, -0.1) is 0 Å². The second-order valence-electron chi connectivity index (χ2n) is 7.47. The van der Waals surface area contributed by atoms with E-state index < -0.39 is 0 Å². The maximum absolute atomic E-state index is 12.9. The lowest BCUT2D eigenvalue weighted by molar-refractivity contribution is 0.0725. The number of nitrogens with one attached hydrogen (secondary N) is 1. The molecule has 0 atom stereocenters. The van der Waals surface area contributed by atoms with Gasteiger partial charge in [0.15, 0.2) is 5.82 Å². The minimum Gasteiger partial charge on any atom is -0.365 e. The lowest BCUT2D eigenvalue weighted by Crippen LogP contribution is -2.36. The minimum absolute atomic E-state index is 0.0540. The highest BCUT2D eigenvalue weighted by atomic mass is 16.2. The van der Waals surface area contributed by atoms with Gasteiger partial charge < -0.3 is 10.2 Å². The van der Waals surface area contributed by atoms with Crippen LogP contribution in [0.2, 0.25) is 0 Å². The van der Waals surface area contributed by atoms with Gasteiger partial charge in [-0.2, -0.15) is 5.10 Å². The molecule has 0 saturated carbocycles. The largest absolute Gasteiger partial charge is 0.365 e. The van der Waals surface area contributed by atoms with Crippen molar-refractivity contribution in [2.75, 3.05) is 18.4 Å². The number of rotatable bonds is 5. The third-order valence-electron chi connectivity index (χ3n) is 5.18. The number of carbonyl (C=O) groups excluding carboxylic acids is 1. The first-order valence-electron chi connectivity index (χ1n) is 10.1. The van der Waals surface area contributed by atoms with E-state index in [1.807, 2.05) is 60.0 Å². The Morgan fingerprint density at radius 3 is 2.62 bits per heavy atom. The van der Waals surface area contributed by atoms with E-state index in [-0.39, 0.29) is 5.91 Å². The zero-order chi connectivity index (χ0) is 20.2. The van der Waals surface area contributed by atoms with Gasteiger partial charge in [0, 0.05) is 37.7 Å². The van der Waals surface area contributed by atoms with Crippen LogP contribution < -0.4 is 5.32 Å². The molecule has 0 spiro atoms.